The van der Waals surface area contributed by atoms with Crippen molar-refractivity contribution in [1.29, 1.82) is 0 Å². The van der Waals surface area contributed by atoms with Gasteiger partial charge in [0, 0.05) is 24.8 Å². The molecule has 5 aromatic rings. The smallest absolute Gasteiger partial charge is 0.233 e. The zero-order valence-corrected chi connectivity index (χ0v) is 18.4. The largest absolute Gasteiger partial charge is 0.454 e. The van der Waals surface area contributed by atoms with E-state index >= 15 is 0 Å². The molecule has 166 valence electrons. The fourth-order valence-electron chi connectivity index (χ4n) is 3.91. The maximum Gasteiger partial charge on any atom is 0.233 e. The van der Waals surface area contributed by atoms with Crippen molar-refractivity contribution >= 4 is 45.6 Å². The van der Waals surface area contributed by atoms with Gasteiger partial charge in [0.1, 0.15) is 0 Å². The molecule has 0 aliphatic carbocycles. The van der Waals surface area contributed by atoms with Crippen molar-refractivity contribution in [3.8, 4) is 11.5 Å². The van der Waals surface area contributed by atoms with Crippen LogP contribution >= 0.6 is 0 Å². The molecule has 4 heterocycles. The van der Waals surface area contributed by atoms with E-state index in [4.69, 9.17) is 19.4 Å². The van der Waals surface area contributed by atoms with Crippen LogP contribution in [-0.2, 0) is 7.05 Å². The third-order valence-corrected chi connectivity index (χ3v) is 5.62. The number of hydrogen-bond donors (Lipinski definition) is 2. The second kappa shape index (κ2) is 7.37. The Balaban J connectivity index is 1.44. The number of para-hydroxylation sites is 2. The average Bonchev–Trinajstić information content (AvgIpc) is 3.52. The molecule has 0 amide bonds. The third-order valence-electron chi connectivity index (χ3n) is 5.62. The van der Waals surface area contributed by atoms with Crippen molar-refractivity contribution in [2.24, 2.45) is 7.05 Å². The quantitative estimate of drug-likeness (QED) is 0.410. The van der Waals surface area contributed by atoms with Gasteiger partial charge in [0.15, 0.2) is 28.5 Å². The van der Waals surface area contributed by atoms with Crippen LogP contribution in [0.25, 0.3) is 22.2 Å². The summed E-state index contributed by atoms with van der Waals surface area (Å²) in [6.45, 7) is 4.40. The molecule has 0 saturated heterocycles. The fourth-order valence-corrected chi connectivity index (χ4v) is 3.91. The Bertz CT molecular complexity index is 1500. The first-order valence-electron chi connectivity index (χ1n) is 10.7. The van der Waals surface area contributed by atoms with Gasteiger partial charge in [-0.1, -0.05) is 12.1 Å². The van der Waals surface area contributed by atoms with Crippen molar-refractivity contribution in [2.45, 2.75) is 19.9 Å². The van der Waals surface area contributed by atoms with E-state index in [9.17, 15) is 0 Å². The number of benzene rings is 2. The van der Waals surface area contributed by atoms with Crippen molar-refractivity contribution in [2.75, 3.05) is 17.4 Å². The van der Waals surface area contributed by atoms with Crippen molar-refractivity contribution in [3.05, 3.63) is 48.8 Å². The first kappa shape index (κ1) is 19.4. The number of imidazole rings is 2. The summed E-state index contributed by atoms with van der Waals surface area (Å²) >= 11 is 0. The maximum atomic E-state index is 5.51. The Labute approximate surface area is 189 Å². The standard InChI is InChI=1S/C23H22N8O2/c1-13(2)31-11-24-19-20(25-14-8-9-17-18(10-14)33-12-32-17)27-22(28-21(19)31)29-23-26-15-6-4-5-7-16(15)30(23)3/h4-11,13H,12H2,1-3H3,(H2,25,26,27,28,29). The molecular formula is C23H22N8O2. The lowest BCUT2D eigenvalue weighted by atomic mass is 10.2. The molecule has 2 aromatic carbocycles. The molecule has 1 aliphatic heterocycles. The molecule has 0 bridgehead atoms. The molecule has 0 atom stereocenters. The Morgan fingerprint density at radius 2 is 1.82 bits per heavy atom. The number of aromatic nitrogens is 6. The molecule has 10 heteroatoms. The van der Waals surface area contributed by atoms with E-state index in [1.807, 2.05) is 58.6 Å². The summed E-state index contributed by atoms with van der Waals surface area (Å²) in [5, 5.41) is 6.65. The van der Waals surface area contributed by atoms with Crippen molar-refractivity contribution in [1.82, 2.24) is 29.1 Å². The zero-order valence-electron chi connectivity index (χ0n) is 18.4. The SMILES string of the molecule is CC(C)n1cnc2c(Nc3ccc4c(c3)OCO4)nc(Nc3nc4ccccc4n3C)nc21. The zero-order chi connectivity index (χ0) is 22.5. The van der Waals surface area contributed by atoms with Crippen LogP contribution in [0.15, 0.2) is 48.8 Å². The van der Waals surface area contributed by atoms with Crippen LogP contribution in [0, 0.1) is 0 Å². The van der Waals surface area contributed by atoms with Gasteiger partial charge in [0.2, 0.25) is 18.7 Å². The van der Waals surface area contributed by atoms with Crippen molar-refractivity contribution < 1.29 is 9.47 Å². The molecule has 0 spiro atoms. The monoisotopic (exact) mass is 442 g/mol. The number of nitrogens with one attached hydrogen (secondary N) is 2. The second-order valence-corrected chi connectivity index (χ2v) is 8.11. The Kier molecular flexibility index (Phi) is 4.32. The topological polar surface area (TPSA) is 104 Å². The van der Waals surface area contributed by atoms with Gasteiger partial charge in [-0.25, -0.2) is 9.97 Å². The molecule has 10 nitrogen and oxygen atoms in total. The minimum absolute atomic E-state index is 0.187. The highest BCUT2D eigenvalue weighted by Gasteiger charge is 2.18. The summed E-state index contributed by atoms with van der Waals surface area (Å²) in [5.41, 5.74) is 4.13. The molecule has 0 unspecified atom stereocenters. The van der Waals surface area contributed by atoms with Crippen LogP contribution in [0.5, 0.6) is 11.5 Å². The van der Waals surface area contributed by atoms with Gasteiger partial charge in [-0.2, -0.15) is 9.97 Å². The van der Waals surface area contributed by atoms with E-state index in [-0.39, 0.29) is 12.8 Å². The summed E-state index contributed by atoms with van der Waals surface area (Å²) in [6, 6.07) is 13.8. The Hall–Kier alpha value is -4.34. The number of fused-ring (bicyclic) bond motifs is 3. The highest BCUT2D eigenvalue weighted by Crippen LogP contribution is 2.36. The minimum Gasteiger partial charge on any atom is -0.454 e. The van der Waals surface area contributed by atoms with E-state index in [1.165, 1.54) is 0 Å². The van der Waals surface area contributed by atoms with Crippen LogP contribution in [0.4, 0.5) is 23.4 Å². The molecule has 0 radical (unpaired) electrons. The van der Waals surface area contributed by atoms with E-state index in [0.29, 0.717) is 29.0 Å². The number of ether oxygens (including phenoxy) is 2. The van der Waals surface area contributed by atoms with Gasteiger partial charge < -0.3 is 23.9 Å². The highest BCUT2D eigenvalue weighted by atomic mass is 16.7. The molecule has 0 saturated carbocycles. The highest BCUT2D eigenvalue weighted by molar-refractivity contribution is 5.87. The second-order valence-electron chi connectivity index (χ2n) is 8.11. The van der Waals surface area contributed by atoms with Crippen LogP contribution < -0.4 is 20.1 Å². The van der Waals surface area contributed by atoms with E-state index in [0.717, 1.165) is 28.1 Å². The van der Waals surface area contributed by atoms with E-state index in [2.05, 4.69) is 34.4 Å². The maximum absolute atomic E-state index is 5.51. The summed E-state index contributed by atoms with van der Waals surface area (Å²) in [6.07, 6.45) is 1.79. The predicted molar refractivity (Wildman–Crippen MR) is 126 cm³/mol. The van der Waals surface area contributed by atoms with Gasteiger partial charge in [-0.15, -0.1) is 0 Å². The first-order chi connectivity index (χ1) is 16.1. The predicted octanol–water partition coefficient (Wildman–Crippen LogP) is 4.51. The lowest BCUT2D eigenvalue weighted by Gasteiger charge is -2.12. The van der Waals surface area contributed by atoms with Gasteiger partial charge in [-0.05, 0) is 38.1 Å². The molecule has 33 heavy (non-hydrogen) atoms. The summed E-state index contributed by atoms with van der Waals surface area (Å²) in [7, 11) is 1.96. The summed E-state index contributed by atoms with van der Waals surface area (Å²) < 4.78 is 14.9. The van der Waals surface area contributed by atoms with Gasteiger partial charge >= 0.3 is 0 Å². The lowest BCUT2D eigenvalue weighted by Crippen LogP contribution is -2.07. The molecule has 6 rings (SSSR count). The lowest BCUT2D eigenvalue weighted by molar-refractivity contribution is 0.174. The van der Waals surface area contributed by atoms with Crippen molar-refractivity contribution in [3.63, 3.8) is 0 Å². The average molecular weight is 442 g/mol. The van der Waals surface area contributed by atoms with Crippen LogP contribution in [0.2, 0.25) is 0 Å². The van der Waals surface area contributed by atoms with Gasteiger partial charge in [0.25, 0.3) is 0 Å². The van der Waals surface area contributed by atoms with Crippen LogP contribution in [0.3, 0.4) is 0 Å². The van der Waals surface area contributed by atoms with Crippen LogP contribution in [0.1, 0.15) is 19.9 Å². The Morgan fingerprint density at radius 1 is 0.970 bits per heavy atom. The first-order valence-corrected chi connectivity index (χ1v) is 10.7. The molecule has 3 aromatic heterocycles. The fraction of sp³-hybridized carbons (Fsp3) is 0.217. The molecule has 0 fully saturated rings. The summed E-state index contributed by atoms with van der Waals surface area (Å²) in [5.74, 6) is 3.07. The third kappa shape index (κ3) is 3.27. The Morgan fingerprint density at radius 3 is 2.67 bits per heavy atom. The van der Waals surface area contributed by atoms with E-state index < -0.39 is 0 Å². The molecular weight excluding hydrogens is 420 g/mol. The molecule has 2 N–H and O–H groups in total. The van der Waals surface area contributed by atoms with Crippen LogP contribution in [-0.4, -0.2) is 35.9 Å². The molecule has 1 aliphatic rings. The summed E-state index contributed by atoms with van der Waals surface area (Å²) in [4.78, 5) is 18.8. The van der Waals surface area contributed by atoms with E-state index in [1.54, 1.807) is 6.33 Å². The van der Waals surface area contributed by atoms with Gasteiger partial charge in [0.05, 0.1) is 17.4 Å². The normalized spacial score (nSPS) is 12.7. The minimum atomic E-state index is 0.187. The number of hydrogen-bond acceptors (Lipinski definition) is 8. The van der Waals surface area contributed by atoms with Gasteiger partial charge in [-0.3, -0.25) is 5.32 Å². The number of rotatable bonds is 5. The number of aryl methyl sites for hydroxylation is 1. The number of anilines is 4. The number of nitrogens with zero attached hydrogens (tertiary/aromatic N) is 6.